The molecular weight excluding hydrogens is 268 g/mol. The van der Waals surface area contributed by atoms with E-state index >= 15 is 0 Å². The number of ether oxygens (including phenoxy) is 1. The summed E-state index contributed by atoms with van der Waals surface area (Å²) in [5, 5.41) is 2.13. The third kappa shape index (κ3) is 4.25. The molecule has 1 heterocycles. The van der Waals surface area contributed by atoms with Crippen LogP contribution in [0.1, 0.15) is 24.3 Å². The highest BCUT2D eigenvalue weighted by Gasteiger charge is 2.11. The Bertz CT molecular complexity index is 496. The maximum Gasteiger partial charge on any atom is 0.119 e. The first kappa shape index (κ1) is 14.9. The molecule has 1 aromatic heterocycles. The molecule has 3 nitrogen and oxygen atoms in total. The Hall–Kier alpha value is -1.52. The molecule has 108 valence electrons. The Balaban J connectivity index is 1.69. The van der Waals surface area contributed by atoms with Gasteiger partial charge in [0.25, 0.3) is 0 Å². The van der Waals surface area contributed by atoms with Crippen molar-refractivity contribution >= 4 is 17.0 Å². The zero-order chi connectivity index (χ0) is 14.4. The fraction of sp³-hybridized carbons (Fsp3) is 0.375. The van der Waals surface area contributed by atoms with E-state index in [1.165, 1.54) is 4.88 Å². The molecule has 0 amide bonds. The first-order valence-electron chi connectivity index (χ1n) is 6.89. The molecule has 1 atom stereocenters. The lowest BCUT2D eigenvalue weighted by Crippen LogP contribution is -2.24. The Morgan fingerprint density at radius 3 is 2.65 bits per heavy atom. The summed E-state index contributed by atoms with van der Waals surface area (Å²) < 4.78 is 5.70. The van der Waals surface area contributed by atoms with Crippen LogP contribution in [0.5, 0.6) is 5.75 Å². The van der Waals surface area contributed by atoms with Gasteiger partial charge in [-0.05, 0) is 56.1 Å². The summed E-state index contributed by atoms with van der Waals surface area (Å²) in [6.07, 6.45) is 1.01. The predicted molar refractivity (Wildman–Crippen MR) is 86.3 cm³/mol. The van der Waals surface area contributed by atoms with E-state index in [1.807, 2.05) is 35.6 Å². The van der Waals surface area contributed by atoms with Crippen LogP contribution in [0.2, 0.25) is 0 Å². The van der Waals surface area contributed by atoms with Crippen molar-refractivity contribution in [2.24, 2.45) is 0 Å². The monoisotopic (exact) mass is 290 g/mol. The van der Waals surface area contributed by atoms with Crippen molar-refractivity contribution < 1.29 is 4.74 Å². The van der Waals surface area contributed by atoms with Crippen molar-refractivity contribution in [2.75, 3.05) is 25.9 Å². The molecule has 0 saturated carbocycles. The molecule has 0 bridgehead atoms. The van der Waals surface area contributed by atoms with Crippen LogP contribution in [0.4, 0.5) is 5.69 Å². The molecule has 0 fully saturated rings. The second-order valence-corrected chi connectivity index (χ2v) is 5.92. The Labute approximate surface area is 125 Å². The molecule has 2 aromatic rings. The SMILES string of the molecule is CC(c1cccs1)N(C)CCCOc1ccc(N)cc1. The van der Waals surface area contributed by atoms with Crippen molar-refractivity contribution in [3.05, 3.63) is 46.7 Å². The lowest BCUT2D eigenvalue weighted by atomic mass is 10.2. The van der Waals surface area contributed by atoms with E-state index in [9.17, 15) is 0 Å². The van der Waals surface area contributed by atoms with Gasteiger partial charge in [0.1, 0.15) is 5.75 Å². The number of hydrogen-bond donors (Lipinski definition) is 1. The van der Waals surface area contributed by atoms with E-state index < -0.39 is 0 Å². The van der Waals surface area contributed by atoms with Crippen LogP contribution in [0.15, 0.2) is 41.8 Å². The van der Waals surface area contributed by atoms with Gasteiger partial charge >= 0.3 is 0 Å². The quantitative estimate of drug-likeness (QED) is 0.623. The summed E-state index contributed by atoms with van der Waals surface area (Å²) in [6, 6.07) is 12.3. The van der Waals surface area contributed by atoms with Crippen LogP contribution in [0.3, 0.4) is 0 Å². The molecule has 20 heavy (non-hydrogen) atoms. The van der Waals surface area contributed by atoms with Gasteiger partial charge in [0.2, 0.25) is 0 Å². The van der Waals surface area contributed by atoms with E-state index in [0.29, 0.717) is 6.04 Å². The van der Waals surface area contributed by atoms with Crippen LogP contribution in [0, 0.1) is 0 Å². The summed E-state index contributed by atoms with van der Waals surface area (Å²) >= 11 is 1.81. The van der Waals surface area contributed by atoms with Crippen molar-refractivity contribution in [3.8, 4) is 5.75 Å². The Kier molecular flexibility index (Phi) is 5.44. The van der Waals surface area contributed by atoms with E-state index in [4.69, 9.17) is 10.5 Å². The van der Waals surface area contributed by atoms with Gasteiger partial charge in [0, 0.05) is 23.2 Å². The number of nitrogens with two attached hydrogens (primary N) is 1. The topological polar surface area (TPSA) is 38.5 Å². The third-order valence-electron chi connectivity index (χ3n) is 3.42. The minimum Gasteiger partial charge on any atom is -0.494 e. The molecule has 2 N–H and O–H groups in total. The van der Waals surface area contributed by atoms with E-state index in [0.717, 1.165) is 31.0 Å². The fourth-order valence-electron chi connectivity index (χ4n) is 2.01. The molecule has 1 unspecified atom stereocenters. The first-order chi connectivity index (χ1) is 9.66. The molecule has 0 spiro atoms. The van der Waals surface area contributed by atoms with Crippen molar-refractivity contribution in [3.63, 3.8) is 0 Å². The van der Waals surface area contributed by atoms with E-state index in [2.05, 4.69) is 36.4 Å². The summed E-state index contributed by atoms with van der Waals surface area (Å²) in [4.78, 5) is 3.77. The van der Waals surface area contributed by atoms with Gasteiger partial charge < -0.3 is 10.5 Å². The number of nitrogen functional groups attached to an aromatic ring is 1. The average molecular weight is 290 g/mol. The zero-order valence-electron chi connectivity index (χ0n) is 12.1. The van der Waals surface area contributed by atoms with Gasteiger partial charge in [0.05, 0.1) is 6.61 Å². The summed E-state index contributed by atoms with van der Waals surface area (Å²) in [7, 11) is 2.16. The number of benzene rings is 1. The molecule has 0 aliphatic rings. The van der Waals surface area contributed by atoms with Crippen molar-refractivity contribution in [2.45, 2.75) is 19.4 Å². The van der Waals surface area contributed by atoms with Gasteiger partial charge in [-0.25, -0.2) is 0 Å². The minimum atomic E-state index is 0.464. The summed E-state index contributed by atoms with van der Waals surface area (Å²) in [6.45, 7) is 3.99. The first-order valence-corrected chi connectivity index (χ1v) is 7.77. The van der Waals surface area contributed by atoms with E-state index in [-0.39, 0.29) is 0 Å². The second kappa shape index (κ2) is 7.31. The second-order valence-electron chi connectivity index (χ2n) is 4.94. The van der Waals surface area contributed by atoms with E-state index in [1.54, 1.807) is 0 Å². The van der Waals surface area contributed by atoms with Gasteiger partial charge in [0.15, 0.2) is 0 Å². The Morgan fingerprint density at radius 1 is 1.25 bits per heavy atom. The number of nitrogens with zero attached hydrogens (tertiary/aromatic N) is 1. The maximum absolute atomic E-state index is 5.70. The van der Waals surface area contributed by atoms with Crippen LogP contribution in [-0.4, -0.2) is 25.1 Å². The zero-order valence-corrected chi connectivity index (χ0v) is 12.9. The molecule has 1 aromatic carbocycles. The number of hydrogen-bond acceptors (Lipinski definition) is 4. The predicted octanol–water partition coefficient (Wildman–Crippen LogP) is 3.79. The van der Waals surface area contributed by atoms with Gasteiger partial charge in [-0.3, -0.25) is 4.90 Å². The highest BCUT2D eigenvalue weighted by atomic mass is 32.1. The van der Waals surface area contributed by atoms with Crippen LogP contribution >= 0.6 is 11.3 Å². The van der Waals surface area contributed by atoms with Crippen molar-refractivity contribution in [1.82, 2.24) is 4.90 Å². The average Bonchev–Trinajstić information content (AvgIpc) is 2.98. The standard InChI is InChI=1S/C16H22N2OS/c1-13(16-5-3-12-20-16)18(2)10-4-11-19-15-8-6-14(17)7-9-15/h3,5-9,12-13H,4,10-11,17H2,1-2H3. The number of rotatable bonds is 7. The molecule has 4 heteroatoms. The maximum atomic E-state index is 5.70. The third-order valence-corrected chi connectivity index (χ3v) is 4.46. The molecule has 0 saturated heterocycles. The molecule has 0 aliphatic carbocycles. The smallest absolute Gasteiger partial charge is 0.119 e. The summed E-state index contributed by atoms with van der Waals surface area (Å²) in [5.74, 6) is 0.883. The summed E-state index contributed by atoms with van der Waals surface area (Å²) in [5.41, 5.74) is 6.41. The molecular formula is C16H22N2OS. The minimum absolute atomic E-state index is 0.464. The van der Waals surface area contributed by atoms with Crippen molar-refractivity contribution in [1.29, 1.82) is 0 Å². The van der Waals surface area contributed by atoms with Crippen LogP contribution in [-0.2, 0) is 0 Å². The fourth-order valence-corrected chi connectivity index (χ4v) is 2.86. The lowest BCUT2D eigenvalue weighted by Gasteiger charge is -2.23. The number of thiophene rings is 1. The highest BCUT2D eigenvalue weighted by Crippen LogP contribution is 2.23. The highest BCUT2D eigenvalue weighted by molar-refractivity contribution is 7.10. The normalized spacial score (nSPS) is 12.6. The van der Waals surface area contributed by atoms with Gasteiger partial charge in [-0.15, -0.1) is 11.3 Å². The molecule has 2 rings (SSSR count). The van der Waals surface area contributed by atoms with Crippen LogP contribution < -0.4 is 10.5 Å². The Morgan fingerprint density at radius 2 is 2.00 bits per heavy atom. The number of anilines is 1. The van der Waals surface area contributed by atoms with Gasteiger partial charge in [-0.2, -0.15) is 0 Å². The van der Waals surface area contributed by atoms with Gasteiger partial charge in [-0.1, -0.05) is 6.07 Å². The van der Waals surface area contributed by atoms with Crippen LogP contribution in [0.25, 0.3) is 0 Å². The molecule has 0 aliphatic heterocycles. The lowest BCUT2D eigenvalue weighted by molar-refractivity contribution is 0.228. The largest absolute Gasteiger partial charge is 0.494 e. The molecule has 0 radical (unpaired) electrons.